The summed E-state index contributed by atoms with van der Waals surface area (Å²) in [5, 5.41) is 11.7. The number of hydrogen-bond acceptors (Lipinski definition) is 5. The predicted octanol–water partition coefficient (Wildman–Crippen LogP) is 4.69. The summed E-state index contributed by atoms with van der Waals surface area (Å²) < 4.78 is 6.10. The fourth-order valence-electron chi connectivity index (χ4n) is 5.05. The Morgan fingerprint density at radius 1 is 0.829 bits per heavy atom. The zero-order valence-corrected chi connectivity index (χ0v) is 20.3. The fourth-order valence-corrected chi connectivity index (χ4v) is 5.05. The largest absolute Gasteiger partial charge is 0.490 e. The molecule has 35 heavy (non-hydrogen) atoms. The highest BCUT2D eigenvalue weighted by atomic mass is 16.5. The summed E-state index contributed by atoms with van der Waals surface area (Å²) in [7, 11) is 0. The molecule has 2 heterocycles. The van der Waals surface area contributed by atoms with Crippen LogP contribution in [0, 0.1) is 6.92 Å². The van der Waals surface area contributed by atoms with E-state index in [4.69, 9.17) is 4.74 Å². The second kappa shape index (κ2) is 11.0. The number of rotatable bonds is 8. The number of aromatic nitrogens is 1. The minimum Gasteiger partial charge on any atom is -0.490 e. The molecule has 0 spiro atoms. The Morgan fingerprint density at radius 3 is 2.14 bits per heavy atom. The van der Waals surface area contributed by atoms with Crippen LogP contribution in [0.5, 0.6) is 5.75 Å². The summed E-state index contributed by atoms with van der Waals surface area (Å²) in [6.45, 7) is 6.66. The third-order valence-electron chi connectivity index (χ3n) is 6.82. The van der Waals surface area contributed by atoms with Gasteiger partial charge in [-0.15, -0.1) is 0 Å². The third kappa shape index (κ3) is 5.54. The van der Waals surface area contributed by atoms with E-state index < -0.39 is 6.10 Å². The lowest BCUT2D eigenvalue weighted by Gasteiger charge is -2.40. The van der Waals surface area contributed by atoms with Gasteiger partial charge in [-0.05, 0) is 41.8 Å². The van der Waals surface area contributed by atoms with Crippen molar-refractivity contribution in [2.75, 3.05) is 39.3 Å². The van der Waals surface area contributed by atoms with Gasteiger partial charge in [0, 0.05) is 44.3 Å². The number of ether oxygens (including phenoxy) is 1. The van der Waals surface area contributed by atoms with Gasteiger partial charge in [0.25, 0.3) is 0 Å². The summed E-state index contributed by atoms with van der Waals surface area (Å²) in [4.78, 5) is 9.31. The molecule has 1 atom stereocenters. The Kier molecular flexibility index (Phi) is 7.38. The van der Waals surface area contributed by atoms with E-state index in [1.807, 2.05) is 31.2 Å². The first kappa shape index (κ1) is 23.5. The standard InChI is InChI=1S/C30H33N3O2/c1-23-14-15-28-27(13-8-16-31-28)30(23)35-22-26(34)21-32-17-19-33(20-18-32)29(24-9-4-2-5-10-24)25-11-6-3-7-12-25/h2-16,26,29,34H,17-22H2,1H3. The second-order valence-corrected chi connectivity index (χ2v) is 9.31. The first-order valence-corrected chi connectivity index (χ1v) is 12.4. The van der Waals surface area contributed by atoms with E-state index in [2.05, 4.69) is 75.4 Å². The quantitative estimate of drug-likeness (QED) is 0.407. The first-order chi connectivity index (χ1) is 17.2. The highest BCUT2D eigenvalue weighted by molar-refractivity contribution is 5.86. The molecular formula is C30H33N3O2. The number of aliphatic hydroxyl groups is 1. The third-order valence-corrected chi connectivity index (χ3v) is 6.82. The van der Waals surface area contributed by atoms with Crippen molar-refractivity contribution in [2.24, 2.45) is 0 Å². The lowest BCUT2D eigenvalue weighted by molar-refractivity contribution is 0.0402. The van der Waals surface area contributed by atoms with Crippen LogP contribution in [0.25, 0.3) is 10.9 Å². The Bertz CT molecular complexity index is 1180. The molecule has 0 bridgehead atoms. The minimum atomic E-state index is -0.549. The highest BCUT2D eigenvalue weighted by Crippen LogP contribution is 2.30. The van der Waals surface area contributed by atoms with Crippen molar-refractivity contribution in [3.05, 3.63) is 108 Å². The Balaban J connectivity index is 1.19. The lowest BCUT2D eigenvalue weighted by Crippen LogP contribution is -2.50. The van der Waals surface area contributed by atoms with Gasteiger partial charge in [0.2, 0.25) is 0 Å². The van der Waals surface area contributed by atoms with Gasteiger partial charge in [-0.2, -0.15) is 0 Å². The van der Waals surface area contributed by atoms with Gasteiger partial charge in [-0.25, -0.2) is 0 Å². The minimum absolute atomic E-state index is 0.246. The van der Waals surface area contributed by atoms with Crippen molar-refractivity contribution in [1.82, 2.24) is 14.8 Å². The van der Waals surface area contributed by atoms with Gasteiger partial charge in [0.05, 0.1) is 11.6 Å². The average molecular weight is 468 g/mol. The van der Waals surface area contributed by atoms with Gasteiger partial charge in [0.15, 0.2) is 0 Å². The molecule has 3 aromatic carbocycles. The molecule has 1 fully saturated rings. The van der Waals surface area contributed by atoms with Crippen molar-refractivity contribution in [3.8, 4) is 5.75 Å². The topological polar surface area (TPSA) is 48.8 Å². The van der Waals surface area contributed by atoms with Crippen molar-refractivity contribution < 1.29 is 9.84 Å². The zero-order chi connectivity index (χ0) is 24.0. The molecule has 1 aliphatic rings. The van der Waals surface area contributed by atoms with Crippen LogP contribution in [0.3, 0.4) is 0 Å². The molecular weight excluding hydrogens is 434 g/mol. The molecule has 1 aromatic heterocycles. The monoisotopic (exact) mass is 467 g/mol. The van der Waals surface area contributed by atoms with Crippen LogP contribution >= 0.6 is 0 Å². The number of β-amino-alcohol motifs (C(OH)–C–C–N with tert-alkyl or cyclic N) is 1. The maximum Gasteiger partial charge on any atom is 0.131 e. The molecule has 5 rings (SSSR count). The molecule has 4 aromatic rings. The molecule has 5 heteroatoms. The average Bonchev–Trinajstić information content (AvgIpc) is 2.90. The van der Waals surface area contributed by atoms with Gasteiger partial charge < -0.3 is 9.84 Å². The molecule has 0 radical (unpaired) electrons. The van der Waals surface area contributed by atoms with Crippen molar-refractivity contribution in [2.45, 2.75) is 19.1 Å². The molecule has 1 saturated heterocycles. The zero-order valence-electron chi connectivity index (χ0n) is 20.3. The number of aryl methyl sites for hydroxylation is 1. The maximum absolute atomic E-state index is 10.8. The molecule has 180 valence electrons. The SMILES string of the molecule is Cc1ccc2ncccc2c1OCC(O)CN1CCN(C(c2ccccc2)c2ccccc2)CC1. The molecule has 1 aliphatic heterocycles. The van der Waals surface area contributed by atoms with Gasteiger partial charge >= 0.3 is 0 Å². The van der Waals surface area contributed by atoms with Gasteiger partial charge in [0.1, 0.15) is 18.5 Å². The lowest BCUT2D eigenvalue weighted by atomic mass is 9.96. The van der Waals surface area contributed by atoms with E-state index in [1.165, 1.54) is 11.1 Å². The van der Waals surface area contributed by atoms with Crippen LogP contribution in [0.2, 0.25) is 0 Å². The van der Waals surface area contributed by atoms with Crippen LogP contribution < -0.4 is 4.74 Å². The van der Waals surface area contributed by atoms with E-state index in [1.54, 1.807) is 6.20 Å². The van der Waals surface area contributed by atoms with Gasteiger partial charge in [-0.3, -0.25) is 14.8 Å². The van der Waals surface area contributed by atoms with E-state index in [0.717, 1.165) is 48.4 Å². The number of hydrogen-bond donors (Lipinski definition) is 1. The number of fused-ring (bicyclic) bond motifs is 1. The Hall–Kier alpha value is -3.25. The number of aliphatic hydroxyl groups excluding tert-OH is 1. The normalized spacial score (nSPS) is 16.0. The van der Waals surface area contributed by atoms with E-state index in [9.17, 15) is 5.11 Å². The van der Waals surface area contributed by atoms with E-state index in [-0.39, 0.29) is 12.6 Å². The van der Waals surface area contributed by atoms with Crippen LogP contribution in [0.15, 0.2) is 91.1 Å². The Morgan fingerprint density at radius 2 is 1.49 bits per heavy atom. The van der Waals surface area contributed by atoms with Crippen LogP contribution in [0.4, 0.5) is 0 Å². The number of piperazine rings is 1. The molecule has 0 amide bonds. The predicted molar refractivity (Wildman–Crippen MR) is 141 cm³/mol. The first-order valence-electron chi connectivity index (χ1n) is 12.4. The Labute approximate surface area is 207 Å². The molecule has 0 aliphatic carbocycles. The summed E-state index contributed by atoms with van der Waals surface area (Å²) in [6.07, 6.45) is 1.24. The van der Waals surface area contributed by atoms with E-state index in [0.29, 0.717) is 6.54 Å². The van der Waals surface area contributed by atoms with Crippen LogP contribution in [0.1, 0.15) is 22.7 Å². The number of nitrogens with zero attached hydrogens (tertiary/aromatic N) is 3. The van der Waals surface area contributed by atoms with Crippen LogP contribution in [-0.4, -0.2) is 65.3 Å². The molecule has 1 N–H and O–H groups in total. The second-order valence-electron chi connectivity index (χ2n) is 9.31. The summed E-state index contributed by atoms with van der Waals surface area (Å²) >= 11 is 0. The van der Waals surface area contributed by atoms with Crippen molar-refractivity contribution in [1.29, 1.82) is 0 Å². The van der Waals surface area contributed by atoms with Crippen LogP contribution in [-0.2, 0) is 0 Å². The summed E-state index contributed by atoms with van der Waals surface area (Å²) in [5.41, 5.74) is 4.60. The number of benzene rings is 3. The van der Waals surface area contributed by atoms with E-state index >= 15 is 0 Å². The van der Waals surface area contributed by atoms with Gasteiger partial charge in [-0.1, -0.05) is 66.7 Å². The fraction of sp³-hybridized carbons (Fsp3) is 0.300. The van der Waals surface area contributed by atoms with Crippen molar-refractivity contribution in [3.63, 3.8) is 0 Å². The summed E-state index contributed by atoms with van der Waals surface area (Å²) in [5.74, 6) is 0.813. The maximum atomic E-state index is 10.8. The van der Waals surface area contributed by atoms with Crippen molar-refractivity contribution >= 4 is 10.9 Å². The molecule has 0 saturated carbocycles. The highest BCUT2D eigenvalue weighted by Gasteiger charge is 2.27. The summed E-state index contributed by atoms with van der Waals surface area (Å²) in [6, 6.07) is 29.7. The number of pyridine rings is 1. The molecule has 5 nitrogen and oxygen atoms in total. The molecule has 1 unspecified atom stereocenters. The smallest absolute Gasteiger partial charge is 0.131 e.